The van der Waals surface area contributed by atoms with Crippen molar-refractivity contribution in [2.45, 2.75) is 5.75 Å². The van der Waals surface area contributed by atoms with Crippen molar-refractivity contribution in [1.29, 1.82) is 0 Å². The van der Waals surface area contributed by atoms with Gasteiger partial charge >= 0.3 is 6.03 Å². The Labute approximate surface area is 185 Å². The van der Waals surface area contributed by atoms with Gasteiger partial charge in [0.15, 0.2) is 0 Å². The zero-order valence-corrected chi connectivity index (χ0v) is 18.0. The highest BCUT2D eigenvalue weighted by molar-refractivity contribution is 7.98. The van der Waals surface area contributed by atoms with Crippen LogP contribution >= 0.6 is 11.8 Å². The first-order valence-electron chi connectivity index (χ1n) is 10.1. The molecule has 0 aliphatic carbocycles. The van der Waals surface area contributed by atoms with Crippen LogP contribution in [0, 0.1) is 11.6 Å². The maximum Gasteiger partial charge on any atom is 0.317 e. The summed E-state index contributed by atoms with van der Waals surface area (Å²) in [6.07, 6.45) is 0. The van der Waals surface area contributed by atoms with Gasteiger partial charge in [-0.25, -0.2) is 13.6 Å². The zero-order chi connectivity index (χ0) is 22.1. The second-order valence-corrected chi connectivity index (χ2v) is 8.30. The molecule has 2 N–H and O–H groups in total. The van der Waals surface area contributed by atoms with Gasteiger partial charge in [-0.2, -0.15) is 11.8 Å². The van der Waals surface area contributed by atoms with Crippen molar-refractivity contribution in [1.82, 2.24) is 15.1 Å². The Kier molecular flexibility index (Phi) is 8.66. The molecule has 3 amide bonds. The number of benzene rings is 2. The molecular weight excluding hydrogens is 422 g/mol. The number of nitrogens with zero attached hydrogens (tertiary/aromatic N) is 2. The number of urea groups is 1. The lowest BCUT2D eigenvalue weighted by molar-refractivity contribution is -0.117. The summed E-state index contributed by atoms with van der Waals surface area (Å²) in [4.78, 5) is 28.2. The molecule has 2 aromatic carbocycles. The van der Waals surface area contributed by atoms with Gasteiger partial charge in [0.05, 0.1) is 6.54 Å². The Hall–Kier alpha value is -2.65. The Morgan fingerprint density at radius 2 is 1.68 bits per heavy atom. The smallest absolute Gasteiger partial charge is 0.317 e. The lowest BCUT2D eigenvalue weighted by atomic mass is 10.2. The SMILES string of the molecule is O=C(CN1CCN(C(=O)NCCSCc2ccccc2F)CC1)Nc1ccc(F)cc1. The normalized spacial score (nSPS) is 14.3. The van der Waals surface area contributed by atoms with Gasteiger partial charge in [-0.1, -0.05) is 18.2 Å². The van der Waals surface area contributed by atoms with Crippen molar-refractivity contribution in [3.8, 4) is 0 Å². The van der Waals surface area contributed by atoms with E-state index in [1.54, 1.807) is 28.8 Å². The average molecular weight is 449 g/mol. The Morgan fingerprint density at radius 1 is 0.968 bits per heavy atom. The minimum absolute atomic E-state index is 0.123. The number of nitrogens with one attached hydrogen (secondary N) is 2. The summed E-state index contributed by atoms with van der Waals surface area (Å²) in [5.74, 6) is 0.542. The van der Waals surface area contributed by atoms with Gasteiger partial charge in [-0.15, -0.1) is 0 Å². The lowest BCUT2D eigenvalue weighted by Gasteiger charge is -2.34. The average Bonchev–Trinajstić information content (AvgIpc) is 2.76. The van der Waals surface area contributed by atoms with Crippen LogP contribution in [0.5, 0.6) is 0 Å². The molecule has 0 aromatic heterocycles. The van der Waals surface area contributed by atoms with Gasteiger partial charge < -0.3 is 15.5 Å². The molecule has 1 heterocycles. The molecule has 0 spiro atoms. The van der Waals surface area contributed by atoms with E-state index in [2.05, 4.69) is 10.6 Å². The molecule has 166 valence electrons. The van der Waals surface area contributed by atoms with E-state index < -0.39 is 0 Å². The Morgan fingerprint density at radius 3 is 2.39 bits per heavy atom. The first-order valence-corrected chi connectivity index (χ1v) is 11.3. The number of carbonyl (C=O) groups excluding carboxylic acids is 2. The summed E-state index contributed by atoms with van der Waals surface area (Å²) in [5, 5.41) is 5.63. The van der Waals surface area contributed by atoms with Crippen molar-refractivity contribution in [3.63, 3.8) is 0 Å². The highest BCUT2D eigenvalue weighted by Gasteiger charge is 2.22. The number of piperazine rings is 1. The van der Waals surface area contributed by atoms with E-state index >= 15 is 0 Å². The van der Waals surface area contributed by atoms with E-state index in [0.717, 1.165) is 0 Å². The maximum atomic E-state index is 13.6. The molecule has 1 aliphatic rings. The van der Waals surface area contributed by atoms with Crippen molar-refractivity contribution in [2.75, 3.05) is 50.3 Å². The summed E-state index contributed by atoms with van der Waals surface area (Å²) in [5.41, 5.74) is 1.22. The van der Waals surface area contributed by atoms with Crippen LogP contribution in [-0.2, 0) is 10.5 Å². The number of hydrogen-bond acceptors (Lipinski definition) is 4. The standard InChI is InChI=1S/C22H26F2N4O2S/c23-18-5-7-19(8-6-18)26-21(29)15-27-10-12-28(13-11-27)22(30)25-9-14-31-16-17-3-1-2-4-20(17)24/h1-8H,9-16H2,(H,25,30)(H,26,29). The van der Waals surface area contributed by atoms with E-state index in [4.69, 9.17) is 0 Å². The van der Waals surface area contributed by atoms with Gasteiger partial charge in [0, 0.05) is 49.9 Å². The highest BCUT2D eigenvalue weighted by Crippen LogP contribution is 2.15. The van der Waals surface area contributed by atoms with E-state index in [1.807, 2.05) is 11.0 Å². The van der Waals surface area contributed by atoms with Crippen LogP contribution < -0.4 is 10.6 Å². The third-order valence-corrected chi connectivity index (χ3v) is 5.90. The number of carbonyl (C=O) groups is 2. The molecule has 0 radical (unpaired) electrons. The molecule has 2 aromatic rings. The topological polar surface area (TPSA) is 64.7 Å². The zero-order valence-electron chi connectivity index (χ0n) is 17.2. The van der Waals surface area contributed by atoms with Gasteiger partial charge in [-0.3, -0.25) is 9.69 Å². The largest absolute Gasteiger partial charge is 0.337 e. The van der Waals surface area contributed by atoms with Crippen LogP contribution in [0.25, 0.3) is 0 Å². The summed E-state index contributed by atoms with van der Waals surface area (Å²) >= 11 is 1.57. The molecular formula is C22H26F2N4O2S. The maximum absolute atomic E-state index is 13.6. The van der Waals surface area contributed by atoms with Crippen LogP contribution in [0.2, 0.25) is 0 Å². The van der Waals surface area contributed by atoms with Crippen LogP contribution in [0.1, 0.15) is 5.56 Å². The third kappa shape index (κ3) is 7.52. The molecule has 0 bridgehead atoms. The fraction of sp³-hybridized carbons (Fsp3) is 0.364. The first-order chi connectivity index (χ1) is 15.0. The number of anilines is 1. The molecule has 0 unspecified atom stereocenters. The minimum atomic E-state index is -0.351. The summed E-state index contributed by atoms with van der Waals surface area (Å²) < 4.78 is 26.5. The molecule has 1 fully saturated rings. The molecule has 9 heteroatoms. The fourth-order valence-corrected chi connectivity index (χ4v) is 4.03. The molecule has 3 rings (SSSR count). The van der Waals surface area contributed by atoms with Crippen LogP contribution in [0.3, 0.4) is 0 Å². The van der Waals surface area contributed by atoms with Crippen LogP contribution in [0.4, 0.5) is 19.3 Å². The molecule has 1 saturated heterocycles. The monoisotopic (exact) mass is 448 g/mol. The van der Waals surface area contributed by atoms with E-state index in [1.165, 1.54) is 30.3 Å². The number of amides is 3. The van der Waals surface area contributed by atoms with E-state index in [0.29, 0.717) is 55.5 Å². The fourth-order valence-electron chi connectivity index (χ4n) is 3.19. The molecule has 6 nitrogen and oxygen atoms in total. The number of thioether (sulfide) groups is 1. The second kappa shape index (κ2) is 11.7. The predicted molar refractivity (Wildman–Crippen MR) is 119 cm³/mol. The van der Waals surface area contributed by atoms with Gasteiger partial charge in [0.1, 0.15) is 11.6 Å². The Balaban J connectivity index is 1.29. The van der Waals surface area contributed by atoms with Gasteiger partial charge in [-0.05, 0) is 35.9 Å². The molecule has 31 heavy (non-hydrogen) atoms. The number of hydrogen-bond donors (Lipinski definition) is 2. The molecule has 0 atom stereocenters. The van der Waals surface area contributed by atoms with Crippen molar-refractivity contribution in [2.24, 2.45) is 0 Å². The van der Waals surface area contributed by atoms with Gasteiger partial charge in [0.2, 0.25) is 5.91 Å². The van der Waals surface area contributed by atoms with Crippen LogP contribution in [0.15, 0.2) is 48.5 Å². The first kappa shape index (κ1) is 23.0. The van der Waals surface area contributed by atoms with Crippen molar-refractivity contribution < 1.29 is 18.4 Å². The van der Waals surface area contributed by atoms with Gasteiger partial charge in [0.25, 0.3) is 0 Å². The minimum Gasteiger partial charge on any atom is -0.337 e. The van der Waals surface area contributed by atoms with Crippen molar-refractivity contribution in [3.05, 3.63) is 65.7 Å². The number of halogens is 2. The Bertz CT molecular complexity index is 874. The lowest BCUT2D eigenvalue weighted by Crippen LogP contribution is -2.53. The molecule has 0 saturated carbocycles. The second-order valence-electron chi connectivity index (χ2n) is 7.19. The quantitative estimate of drug-likeness (QED) is 0.609. The third-order valence-electron chi connectivity index (χ3n) is 4.89. The predicted octanol–water partition coefficient (Wildman–Crippen LogP) is 3.16. The van der Waals surface area contributed by atoms with Crippen LogP contribution in [-0.4, -0.2) is 66.8 Å². The summed E-state index contributed by atoms with van der Waals surface area (Å²) in [6, 6.07) is 12.2. The summed E-state index contributed by atoms with van der Waals surface area (Å²) in [6.45, 7) is 3.02. The summed E-state index contributed by atoms with van der Waals surface area (Å²) in [7, 11) is 0. The van der Waals surface area contributed by atoms with Crippen molar-refractivity contribution >= 4 is 29.4 Å². The highest BCUT2D eigenvalue weighted by atomic mass is 32.2. The molecule has 1 aliphatic heterocycles. The van der Waals surface area contributed by atoms with E-state index in [9.17, 15) is 18.4 Å². The van der Waals surface area contributed by atoms with E-state index in [-0.39, 0.29) is 30.1 Å². The number of rotatable bonds is 8.